The van der Waals surface area contributed by atoms with Gasteiger partial charge in [-0.05, 0) is 20.8 Å². The summed E-state index contributed by atoms with van der Waals surface area (Å²) in [6.07, 6.45) is 0. The summed E-state index contributed by atoms with van der Waals surface area (Å²) < 4.78 is 3.06. The first-order valence-corrected chi connectivity index (χ1v) is 8.67. The lowest BCUT2D eigenvalue weighted by molar-refractivity contribution is 0.344. The topological polar surface area (TPSA) is 52.2 Å². The molecule has 2 aromatic heterocycles. The summed E-state index contributed by atoms with van der Waals surface area (Å²) in [6.45, 7) is 12.0. The first-order valence-electron chi connectivity index (χ1n) is 8.29. The molecule has 3 rings (SSSR count). The van der Waals surface area contributed by atoms with Gasteiger partial charge in [-0.15, -0.1) is 5.10 Å². The Kier molecular flexibility index (Phi) is 4.03. The van der Waals surface area contributed by atoms with Crippen molar-refractivity contribution in [3.8, 4) is 11.3 Å². The number of nitrogens with zero attached hydrogens (tertiary/aromatic N) is 4. The van der Waals surface area contributed by atoms with Crippen molar-refractivity contribution < 1.29 is 0 Å². The highest BCUT2D eigenvalue weighted by atomic mass is 35.5. The van der Waals surface area contributed by atoms with Crippen molar-refractivity contribution in [1.82, 2.24) is 19.2 Å². The molecule has 0 aliphatic rings. The fourth-order valence-corrected chi connectivity index (χ4v) is 3.04. The Hall–Kier alpha value is -2.14. The molecule has 0 atom stereocenters. The molecule has 0 N–H and O–H groups in total. The molecule has 0 saturated carbocycles. The van der Waals surface area contributed by atoms with Crippen molar-refractivity contribution in [1.29, 1.82) is 0 Å². The molecule has 2 heterocycles. The number of hydrogen-bond donors (Lipinski definition) is 0. The van der Waals surface area contributed by atoms with Crippen LogP contribution in [-0.4, -0.2) is 19.2 Å². The van der Waals surface area contributed by atoms with Crippen LogP contribution in [0.5, 0.6) is 0 Å². The number of aromatic nitrogens is 4. The van der Waals surface area contributed by atoms with Crippen molar-refractivity contribution in [2.45, 2.75) is 52.5 Å². The van der Waals surface area contributed by atoms with Gasteiger partial charge in [0.05, 0.1) is 16.9 Å². The van der Waals surface area contributed by atoms with Gasteiger partial charge in [0.1, 0.15) is 0 Å². The van der Waals surface area contributed by atoms with Crippen LogP contribution in [0.1, 0.15) is 47.2 Å². The van der Waals surface area contributed by atoms with Gasteiger partial charge in [0, 0.05) is 11.0 Å². The zero-order valence-corrected chi connectivity index (χ0v) is 16.2. The largest absolute Gasteiger partial charge is 0.351 e. The molecule has 132 valence electrons. The van der Waals surface area contributed by atoms with E-state index in [4.69, 9.17) is 11.6 Å². The summed E-state index contributed by atoms with van der Waals surface area (Å²) in [6, 6.07) is 9.78. The van der Waals surface area contributed by atoms with Crippen LogP contribution in [0.25, 0.3) is 16.9 Å². The third-order valence-corrected chi connectivity index (χ3v) is 4.27. The number of hydrogen-bond acceptors (Lipinski definition) is 3. The van der Waals surface area contributed by atoms with Gasteiger partial charge < -0.3 is 0 Å². The van der Waals surface area contributed by atoms with Gasteiger partial charge in [0.15, 0.2) is 10.8 Å². The molecule has 0 spiro atoms. The minimum atomic E-state index is -0.456. The summed E-state index contributed by atoms with van der Waals surface area (Å²) in [5, 5.41) is 4.71. The molecule has 25 heavy (non-hydrogen) atoms. The Morgan fingerprint density at radius 1 is 1.00 bits per heavy atom. The Morgan fingerprint density at radius 3 is 2.12 bits per heavy atom. The molecule has 5 nitrogen and oxygen atoms in total. The zero-order valence-electron chi connectivity index (χ0n) is 15.5. The Balaban J connectivity index is 2.55. The van der Waals surface area contributed by atoms with Gasteiger partial charge in [-0.2, -0.15) is 0 Å². The Bertz CT molecular complexity index is 989. The maximum absolute atomic E-state index is 13.2. The summed E-state index contributed by atoms with van der Waals surface area (Å²) in [7, 11) is 0. The van der Waals surface area contributed by atoms with E-state index in [9.17, 15) is 4.79 Å². The molecule has 0 saturated heterocycles. The summed E-state index contributed by atoms with van der Waals surface area (Å²) in [4.78, 5) is 17.8. The van der Waals surface area contributed by atoms with Crippen molar-refractivity contribution in [3.63, 3.8) is 0 Å². The lowest BCUT2D eigenvalue weighted by Crippen LogP contribution is -2.35. The van der Waals surface area contributed by atoms with Crippen LogP contribution in [0, 0.1) is 0 Å². The highest BCUT2D eigenvalue weighted by Crippen LogP contribution is 2.33. The summed E-state index contributed by atoms with van der Waals surface area (Å²) in [5.41, 5.74) is 1.86. The predicted octanol–water partition coefficient (Wildman–Crippen LogP) is 4.26. The average Bonchev–Trinajstić information content (AvgIpc) is 2.86. The standard InChI is InChI=1S/C19H23ClN4O/c1-18(2,3)14-13(12-10-8-7-9-11-12)23-16(15(20)21-14)22-24(17(23)25)19(4,5)6/h7-11H,1-6H3. The fraction of sp³-hybridized carbons (Fsp3) is 0.421. The highest BCUT2D eigenvalue weighted by molar-refractivity contribution is 6.32. The molecule has 3 aromatic rings. The number of fused-ring (bicyclic) bond motifs is 1. The van der Waals surface area contributed by atoms with Gasteiger partial charge in [-0.25, -0.2) is 18.9 Å². The minimum Gasteiger partial charge on any atom is -0.246 e. The third-order valence-electron chi connectivity index (χ3n) is 4.01. The molecule has 1 aromatic carbocycles. The van der Waals surface area contributed by atoms with Crippen LogP contribution in [0.4, 0.5) is 0 Å². The smallest absolute Gasteiger partial charge is 0.246 e. The van der Waals surface area contributed by atoms with E-state index in [1.54, 1.807) is 4.40 Å². The van der Waals surface area contributed by atoms with Gasteiger partial charge in [0.2, 0.25) is 0 Å². The minimum absolute atomic E-state index is 0.212. The molecule has 0 unspecified atom stereocenters. The van der Waals surface area contributed by atoms with Crippen LogP contribution >= 0.6 is 11.6 Å². The second kappa shape index (κ2) is 5.70. The van der Waals surface area contributed by atoms with Gasteiger partial charge in [-0.1, -0.05) is 62.7 Å². The molecule has 0 aliphatic heterocycles. The highest BCUT2D eigenvalue weighted by Gasteiger charge is 2.29. The van der Waals surface area contributed by atoms with E-state index in [-0.39, 0.29) is 16.3 Å². The molecule has 0 bridgehead atoms. The first-order chi connectivity index (χ1) is 11.5. The second-order valence-electron chi connectivity index (χ2n) is 8.24. The quantitative estimate of drug-likeness (QED) is 0.653. The van der Waals surface area contributed by atoms with E-state index in [1.165, 1.54) is 4.68 Å². The van der Waals surface area contributed by atoms with Crippen molar-refractivity contribution in [3.05, 3.63) is 51.7 Å². The first kappa shape index (κ1) is 17.7. The SMILES string of the molecule is CC(C)(C)c1nc(Cl)c2nn(C(C)(C)C)c(=O)n2c1-c1ccccc1. The van der Waals surface area contributed by atoms with Crippen molar-refractivity contribution in [2.75, 3.05) is 0 Å². The van der Waals surface area contributed by atoms with E-state index >= 15 is 0 Å². The maximum Gasteiger partial charge on any atom is 0.351 e. The van der Waals surface area contributed by atoms with E-state index in [2.05, 4.69) is 30.9 Å². The van der Waals surface area contributed by atoms with E-state index in [1.807, 2.05) is 51.1 Å². The van der Waals surface area contributed by atoms with Crippen LogP contribution < -0.4 is 5.69 Å². The van der Waals surface area contributed by atoms with Crippen LogP contribution in [0.15, 0.2) is 35.1 Å². The molecule has 6 heteroatoms. The van der Waals surface area contributed by atoms with Gasteiger partial charge in [0.25, 0.3) is 0 Å². The average molecular weight is 359 g/mol. The third kappa shape index (κ3) is 2.97. The van der Waals surface area contributed by atoms with Gasteiger partial charge in [-0.3, -0.25) is 0 Å². The maximum atomic E-state index is 13.2. The number of halogens is 1. The molecule has 0 fully saturated rings. The monoisotopic (exact) mass is 358 g/mol. The summed E-state index contributed by atoms with van der Waals surface area (Å²) in [5.74, 6) is 0. The molecule has 0 radical (unpaired) electrons. The van der Waals surface area contributed by atoms with Crippen LogP contribution in [0.2, 0.25) is 5.15 Å². The van der Waals surface area contributed by atoms with E-state index in [0.717, 1.165) is 17.0 Å². The van der Waals surface area contributed by atoms with Crippen LogP contribution in [-0.2, 0) is 11.0 Å². The number of benzene rings is 1. The van der Waals surface area contributed by atoms with E-state index < -0.39 is 5.54 Å². The number of rotatable bonds is 1. The second-order valence-corrected chi connectivity index (χ2v) is 8.60. The van der Waals surface area contributed by atoms with Gasteiger partial charge >= 0.3 is 5.69 Å². The normalized spacial score (nSPS) is 12.8. The lowest BCUT2D eigenvalue weighted by Gasteiger charge is -2.22. The molecule has 0 aliphatic carbocycles. The Morgan fingerprint density at radius 2 is 1.60 bits per heavy atom. The van der Waals surface area contributed by atoms with E-state index in [0.29, 0.717) is 5.65 Å². The van der Waals surface area contributed by atoms with Crippen molar-refractivity contribution >= 4 is 17.2 Å². The van der Waals surface area contributed by atoms with Crippen molar-refractivity contribution in [2.24, 2.45) is 0 Å². The Labute approximate surface area is 152 Å². The summed E-state index contributed by atoms with van der Waals surface area (Å²) >= 11 is 6.42. The molecular weight excluding hydrogens is 336 g/mol. The fourth-order valence-electron chi connectivity index (χ4n) is 2.83. The van der Waals surface area contributed by atoms with Crippen LogP contribution in [0.3, 0.4) is 0 Å². The molecular formula is C19H23ClN4O. The predicted molar refractivity (Wildman–Crippen MR) is 101 cm³/mol. The molecule has 0 amide bonds. The lowest BCUT2D eigenvalue weighted by atomic mass is 9.88. The zero-order chi connectivity index (χ0) is 18.6.